The molecule has 3 N–H and O–H groups in total. The van der Waals surface area contributed by atoms with Crippen LogP contribution in [0.25, 0.3) is 10.8 Å². The van der Waals surface area contributed by atoms with Crippen LogP contribution in [0.15, 0.2) is 60.7 Å². The van der Waals surface area contributed by atoms with Gasteiger partial charge in [0, 0.05) is 20.0 Å². The number of fused-ring (bicyclic) bond motifs is 2. The number of nitrogens with zero attached hydrogens (tertiary/aromatic N) is 1. The molecule has 0 aromatic heterocycles. The van der Waals surface area contributed by atoms with Gasteiger partial charge >= 0.3 is 5.97 Å². The van der Waals surface area contributed by atoms with Crippen molar-refractivity contribution in [2.45, 2.75) is 77.6 Å². The number of carbonyl (C=O) groups excluding carboxylic acids is 5. The fourth-order valence-electron chi connectivity index (χ4n) is 5.71. The zero-order valence-electron chi connectivity index (χ0n) is 28.7. The van der Waals surface area contributed by atoms with E-state index in [0.29, 0.717) is 12.2 Å². The van der Waals surface area contributed by atoms with E-state index >= 15 is 0 Å². The number of methoxy groups -OCH3 is 1. The molecule has 3 aromatic carbocycles. The van der Waals surface area contributed by atoms with Crippen molar-refractivity contribution in [3.63, 3.8) is 0 Å². The number of rotatable bonds is 14. The SMILES string of the molecule is CNC(=O)[C@H](Cc1ccccc1)NC(=O)[C@H](CC(C)C)NC(CCN1C(=O)c2cc3ccc(OC)cc3cc2C1=O)C(=O)OC(C)(C)C. The van der Waals surface area contributed by atoms with Gasteiger partial charge in [0.25, 0.3) is 11.8 Å². The van der Waals surface area contributed by atoms with Crippen molar-refractivity contribution in [3.05, 3.63) is 77.4 Å². The molecule has 3 aromatic rings. The first kappa shape index (κ1) is 36.1. The molecule has 4 rings (SSSR count). The molecule has 3 atom stereocenters. The van der Waals surface area contributed by atoms with Crippen molar-refractivity contribution >= 4 is 40.4 Å². The smallest absolute Gasteiger partial charge is 0.323 e. The minimum absolute atomic E-state index is 0.00150. The summed E-state index contributed by atoms with van der Waals surface area (Å²) in [5, 5.41) is 10.2. The van der Waals surface area contributed by atoms with Crippen molar-refractivity contribution in [1.82, 2.24) is 20.9 Å². The highest BCUT2D eigenvalue weighted by molar-refractivity contribution is 6.23. The van der Waals surface area contributed by atoms with Crippen LogP contribution in [-0.4, -0.2) is 78.9 Å². The summed E-state index contributed by atoms with van der Waals surface area (Å²) >= 11 is 0. The van der Waals surface area contributed by atoms with Crippen LogP contribution in [0.1, 0.15) is 73.7 Å². The van der Waals surface area contributed by atoms with Crippen LogP contribution in [0.3, 0.4) is 0 Å². The maximum Gasteiger partial charge on any atom is 0.323 e. The molecule has 0 bridgehead atoms. The Morgan fingerprint density at radius 2 is 1.48 bits per heavy atom. The third-order valence-corrected chi connectivity index (χ3v) is 8.06. The lowest BCUT2D eigenvalue weighted by Gasteiger charge is -2.30. The molecule has 11 heteroatoms. The van der Waals surface area contributed by atoms with Gasteiger partial charge in [-0.1, -0.05) is 50.2 Å². The Morgan fingerprint density at radius 3 is 2.06 bits per heavy atom. The zero-order chi connectivity index (χ0) is 35.2. The normalized spacial score (nSPS) is 14.8. The minimum Gasteiger partial charge on any atom is -0.497 e. The number of hydrogen-bond donors (Lipinski definition) is 3. The number of esters is 1. The summed E-state index contributed by atoms with van der Waals surface area (Å²) in [6.45, 7) is 9.02. The van der Waals surface area contributed by atoms with E-state index < -0.39 is 47.4 Å². The molecule has 48 heavy (non-hydrogen) atoms. The first-order valence-electron chi connectivity index (χ1n) is 16.2. The molecule has 256 valence electrons. The third-order valence-electron chi connectivity index (χ3n) is 8.06. The summed E-state index contributed by atoms with van der Waals surface area (Å²) in [7, 11) is 3.06. The summed E-state index contributed by atoms with van der Waals surface area (Å²) < 4.78 is 11.0. The molecule has 0 saturated carbocycles. The Balaban J connectivity index is 1.56. The Labute approximate surface area is 281 Å². The molecular formula is C37H46N4O7. The lowest BCUT2D eigenvalue weighted by Crippen LogP contribution is -2.57. The highest BCUT2D eigenvalue weighted by atomic mass is 16.6. The fourth-order valence-corrected chi connectivity index (χ4v) is 5.71. The Hall–Kier alpha value is -4.77. The predicted octanol–water partition coefficient (Wildman–Crippen LogP) is 4.02. The molecule has 1 aliphatic heterocycles. The largest absolute Gasteiger partial charge is 0.497 e. The number of imide groups is 1. The standard InChI is InChI=1S/C37H46N4O7/c1-22(2)17-30(33(43)40-31(32(42)38-6)18-23-11-9-8-10-12-23)39-29(36(46)48-37(3,4)5)15-16-41-34(44)27-20-24-13-14-26(47-7)19-25(24)21-28(27)35(41)45/h8-14,19-22,29-31,39H,15-18H2,1-7H3,(H,38,42)(H,40,43)/t29?,30-,31-/m0/s1. The minimum atomic E-state index is -1.04. The quantitative estimate of drug-likeness (QED) is 0.174. The van der Waals surface area contributed by atoms with E-state index in [1.54, 1.807) is 52.1 Å². The topological polar surface area (TPSA) is 143 Å². The highest BCUT2D eigenvalue weighted by Crippen LogP contribution is 2.30. The number of hydrogen-bond acceptors (Lipinski definition) is 8. The van der Waals surface area contributed by atoms with Crippen LogP contribution in [-0.2, 0) is 25.5 Å². The second-order valence-corrected chi connectivity index (χ2v) is 13.5. The van der Waals surface area contributed by atoms with Crippen LogP contribution < -0.4 is 20.7 Å². The Bertz CT molecular complexity index is 1670. The van der Waals surface area contributed by atoms with Gasteiger partial charge in [-0.2, -0.15) is 0 Å². The van der Waals surface area contributed by atoms with Gasteiger partial charge in [-0.25, -0.2) is 0 Å². The molecule has 0 aliphatic carbocycles. The van der Waals surface area contributed by atoms with E-state index in [0.717, 1.165) is 21.2 Å². The van der Waals surface area contributed by atoms with Gasteiger partial charge in [-0.3, -0.25) is 34.2 Å². The van der Waals surface area contributed by atoms with Gasteiger partial charge in [0.05, 0.1) is 24.3 Å². The molecule has 0 fully saturated rings. The van der Waals surface area contributed by atoms with Crippen LogP contribution in [0.5, 0.6) is 5.75 Å². The summed E-state index contributed by atoms with van der Waals surface area (Å²) in [4.78, 5) is 68.2. The van der Waals surface area contributed by atoms with Gasteiger partial charge < -0.3 is 20.1 Å². The molecule has 1 unspecified atom stereocenters. The van der Waals surface area contributed by atoms with E-state index in [-0.39, 0.29) is 42.3 Å². The van der Waals surface area contributed by atoms with E-state index in [9.17, 15) is 24.0 Å². The molecular weight excluding hydrogens is 612 g/mol. The Kier molecular flexibility index (Phi) is 11.6. The Morgan fingerprint density at radius 1 is 0.833 bits per heavy atom. The van der Waals surface area contributed by atoms with E-state index in [1.807, 2.05) is 50.2 Å². The van der Waals surface area contributed by atoms with Crippen LogP contribution in [0.2, 0.25) is 0 Å². The highest BCUT2D eigenvalue weighted by Gasteiger charge is 2.38. The van der Waals surface area contributed by atoms with E-state index in [2.05, 4.69) is 16.0 Å². The number of carbonyl (C=O) groups is 5. The first-order valence-corrected chi connectivity index (χ1v) is 16.2. The van der Waals surface area contributed by atoms with Crippen LogP contribution >= 0.6 is 0 Å². The van der Waals surface area contributed by atoms with Gasteiger partial charge in [-0.05, 0) is 80.1 Å². The maximum atomic E-state index is 13.8. The monoisotopic (exact) mass is 658 g/mol. The van der Waals surface area contributed by atoms with Crippen molar-refractivity contribution in [1.29, 1.82) is 0 Å². The van der Waals surface area contributed by atoms with Crippen molar-refractivity contribution in [3.8, 4) is 5.75 Å². The van der Waals surface area contributed by atoms with Gasteiger partial charge in [0.1, 0.15) is 23.4 Å². The number of benzene rings is 3. The van der Waals surface area contributed by atoms with Gasteiger partial charge in [0.2, 0.25) is 11.8 Å². The summed E-state index contributed by atoms with van der Waals surface area (Å²) in [5.41, 5.74) is 0.608. The zero-order valence-corrected chi connectivity index (χ0v) is 28.7. The van der Waals surface area contributed by atoms with Crippen LogP contribution in [0, 0.1) is 5.92 Å². The lowest BCUT2D eigenvalue weighted by atomic mass is 9.99. The second kappa shape index (κ2) is 15.4. The number of ether oxygens (including phenoxy) is 2. The van der Waals surface area contributed by atoms with Crippen molar-refractivity contribution in [2.24, 2.45) is 5.92 Å². The average molecular weight is 659 g/mol. The summed E-state index contributed by atoms with van der Waals surface area (Å²) in [5.74, 6) is -1.67. The molecule has 0 saturated heterocycles. The number of amides is 4. The lowest BCUT2D eigenvalue weighted by molar-refractivity contribution is -0.158. The van der Waals surface area contributed by atoms with Gasteiger partial charge in [0.15, 0.2) is 0 Å². The van der Waals surface area contributed by atoms with E-state index in [1.165, 1.54) is 7.05 Å². The number of nitrogens with one attached hydrogen (secondary N) is 3. The second-order valence-electron chi connectivity index (χ2n) is 13.5. The number of likely N-dealkylation sites (N-methyl/N-ethyl adjacent to an activating group) is 1. The summed E-state index contributed by atoms with van der Waals surface area (Å²) in [6.07, 6.45) is 0.621. The van der Waals surface area contributed by atoms with Crippen LogP contribution in [0.4, 0.5) is 0 Å². The van der Waals surface area contributed by atoms with E-state index in [4.69, 9.17) is 9.47 Å². The molecule has 0 radical (unpaired) electrons. The van der Waals surface area contributed by atoms with Crippen molar-refractivity contribution in [2.75, 3.05) is 20.7 Å². The average Bonchev–Trinajstić information content (AvgIpc) is 3.27. The third kappa shape index (κ3) is 8.97. The molecule has 1 heterocycles. The van der Waals surface area contributed by atoms with Crippen molar-refractivity contribution < 1.29 is 33.4 Å². The first-order chi connectivity index (χ1) is 22.7. The molecule has 11 nitrogen and oxygen atoms in total. The summed E-state index contributed by atoms with van der Waals surface area (Å²) in [6, 6.07) is 15.4. The molecule has 4 amide bonds. The fraction of sp³-hybridized carbons (Fsp3) is 0.432. The predicted molar refractivity (Wildman–Crippen MR) is 183 cm³/mol. The molecule has 1 aliphatic rings. The maximum absolute atomic E-state index is 13.8. The molecule has 0 spiro atoms. The van der Waals surface area contributed by atoms with Gasteiger partial charge in [-0.15, -0.1) is 0 Å².